The Morgan fingerprint density at radius 3 is 1.55 bits per heavy atom. The van der Waals surface area contributed by atoms with Crippen molar-refractivity contribution in [3.8, 4) is 78.8 Å². The number of rotatable bonds is 7. The second-order valence-corrected chi connectivity index (χ2v) is 16.1. The maximum atomic E-state index is 5.15. The van der Waals surface area contributed by atoms with Crippen molar-refractivity contribution in [3.05, 3.63) is 225 Å². The van der Waals surface area contributed by atoms with Crippen LogP contribution in [0.15, 0.2) is 225 Å². The summed E-state index contributed by atoms with van der Waals surface area (Å²) in [6.07, 6.45) is 3.78. The van der Waals surface area contributed by atoms with Gasteiger partial charge in [0.05, 0.1) is 11.2 Å². The van der Waals surface area contributed by atoms with E-state index in [0.29, 0.717) is 17.5 Å². The second-order valence-electron chi connectivity index (χ2n) is 16.1. The molecule has 0 unspecified atom stereocenters. The van der Waals surface area contributed by atoms with E-state index in [0.717, 1.165) is 82.6 Å². The Morgan fingerprint density at radius 1 is 0.266 bits per heavy atom. The molecule has 5 nitrogen and oxygen atoms in total. The van der Waals surface area contributed by atoms with Gasteiger partial charge in [0, 0.05) is 45.4 Å². The fraction of sp³-hybridized carbons (Fsp3) is 0. The summed E-state index contributed by atoms with van der Waals surface area (Å²) in [5.74, 6) is 1.86. The number of hydrogen-bond acceptors (Lipinski definition) is 5. The van der Waals surface area contributed by atoms with Crippen molar-refractivity contribution >= 4 is 43.2 Å². The summed E-state index contributed by atoms with van der Waals surface area (Å²) in [6, 6.07) is 74.6. The molecule has 0 amide bonds. The van der Waals surface area contributed by atoms with Crippen LogP contribution in [0.3, 0.4) is 0 Å². The fourth-order valence-corrected chi connectivity index (χ4v) is 8.94. The van der Waals surface area contributed by atoms with Crippen LogP contribution in [0.25, 0.3) is 122 Å². The van der Waals surface area contributed by atoms with Crippen LogP contribution in [0.2, 0.25) is 0 Å². The highest BCUT2D eigenvalue weighted by molar-refractivity contribution is 6.11. The first-order valence-electron chi connectivity index (χ1n) is 21.5. The molecule has 0 spiro atoms. The van der Waals surface area contributed by atoms with Crippen molar-refractivity contribution in [2.75, 3.05) is 0 Å². The normalized spacial score (nSPS) is 11.4. The zero-order valence-corrected chi connectivity index (χ0v) is 34.6. The SMILES string of the molecule is c1ccc(-c2nc(-c3ccccc3)nc(-c3cc(-c4ccc(-c5cccc6ccccc56)cc4)cc(-c4ccc5cc(-c6nc7ccccc7c7ccncc67)ccc5c4)c3)n2)cc1. The fourth-order valence-electron chi connectivity index (χ4n) is 8.94. The molecule has 3 heterocycles. The standard InChI is InChI=1S/C59H37N5/c1-3-13-41(14-4-1)57-62-58(42-15-5-2-6-16-42)64-59(63-57)49-35-47(38-22-24-40(25-23-38)51-20-11-17-39-12-7-8-18-50(39)51)34-48(36-49)45-27-26-44-33-46(29-28-43(44)32-45)56-54-37-60-31-30-52(54)53-19-9-10-21-55(53)61-56/h1-37H. The summed E-state index contributed by atoms with van der Waals surface area (Å²) in [6.45, 7) is 0. The Bertz CT molecular complexity index is 3650. The minimum absolute atomic E-state index is 0.609. The summed E-state index contributed by atoms with van der Waals surface area (Å²) in [5.41, 5.74) is 12.4. The van der Waals surface area contributed by atoms with Crippen LogP contribution in [0.5, 0.6) is 0 Å². The van der Waals surface area contributed by atoms with Crippen LogP contribution >= 0.6 is 0 Å². The lowest BCUT2D eigenvalue weighted by molar-refractivity contribution is 1.07. The number of nitrogens with zero attached hydrogens (tertiary/aromatic N) is 5. The first-order valence-corrected chi connectivity index (χ1v) is 21.5. The number of aromatic nitrogens is 5. The van der Waals surface area contributed by atoms with Gasteiger partial charge in [-0.3, -0.25) is 4.98 Å². The zero-order chi connectivity index (χ0) is 42.4. The predicted molar refractivity (Wildman–Crippen MR) is 263 cm³/mol. The third-order valence-corrected chi connectivity index (χ3v) is 12.2. The molecule has 5 heteroatoms. The maximum Gasteiger partial charge on any atom is 0.164 e. The van der Waals surface area contributed by atoms with Crippen molar-refractivity contribution in [1.82, 2.24) is 24.9 Å². The minimum Gasteiger partial charge on any atom is -0.264 e. The summed E-state index contributed by atoms with van der Waals surface area (Å²) < 4.78 is 0. The quantitative estimate of drug-likeness (QED) is 0.150. The van der Waals surface area contributed by atoms with E-state index < -0.39 is 0 Å². The molecule has 0 aliphatic carbocycles. The van der Waals surface area contributed by atoms with E-state index in [1.54, 1.807) is 0 Å². The van der Waals surface area contributed by atoms with Gasteiger partial charge in [-0.05, 0) is 103 Å². The molecule has 0 N–H and O–H groups in total. The van der Waals surface area contributed by atoms with E-state index in [2.05, 4.69) is 151 Å². The summed E-state index contributed by atoms with van der Waals surface area (Å²) >= 11 is 0. The molecule has 0 bridgehead atoms. The number of hydrogen-bond donors (Lipinski definition) is 0. The summed E-state index contributed by atoms with van der Waals surface area (Å²) in [5, 5.41) is 8.04. The third kappa shape index (κ3) is 6.82. The molecule has 0 atom stereocenters. The van der Waals surface area contributed by atoms with Crippen molar-refractivity contribution in [2.24, 2.45) is 0 Å². The van der Waals surface area contributed by atoms with Gasteiger partial charge in [-0.25, -0.2) is 19.9 Å². The topological polar surface area (TPSA) is 64.5 Å². The number of benzene rings is 9. The van der Waals surface area contributed by atoms with Gasteiger partial charge in [-0.1, -0.05) is 170 Å². The van der Waals surface area contributed by atoms with Crippen LogP contribution in [0, 0.1) is 0 Å². The van der Waals surface area contributed by atoms with Crippen molar-refractivity contribution < 1.29 is 0 Å². The molecule has 64 heavy (non-hydrogen) atoms. The van der Waals surface area contributed by atoms with E-state index >= 15 is 0 Å². The Kier molecular flexibility index (Phi) is 9.08. The van der Waals surface area contributed by atoms with Gasteiger partial charge in [0.1, 0.15) is 0 Å². The van der Waals surface area contributed by atoms with Crippen LogP contribution in [0.4, 0.5) is 0 Å². The molecular weight excluding hydrogens is 779 g/mol. The molecule has 12 aromatic rings. The summed E-state index contributed by atoms with van der Waals surface area (Å²) in [4.78, 5) is 24.9. The van der Waals surface area contributed by atoms with Gasteiger partial charge in [0.2, 0.25) is 0 Å². The average Bonchev–Trinajstić information content (AvgIpc) is 3.38. The number of fused-ring (bicyclic) bond motifs is 5. The highest BCUT2D eigenvalue weighted by atomic mass is 15.0. The van der Waals surface area contributed by atoms with Gasteiger partial charge < -0.3 is 0 Å². The maximum absolute atomic E-state index is 5.15. The van der Waals surface area contributed by atoms with Gasteiger partial charge >= 0.3 is 0 Å². The van der Waals surface area contributed by atoms with Crippen LogP contribution in [-0.4, -0.2) is 24.9 Å². The Labute approximate surface area is 370 Å². The van der Waals surface area contributed by atoms with E-state index in [9.17, 15) is 0 Å². The average molecular weight is 816 g/mol. The number of pyridine rings is 2. The van der Waals surface area contributed by atoms with Crippen LogP contribution in [-0.2, 0) is 0 Å². The molecule has 0 aliphatic heterocycles. The Hall–Kier alpha value is -8.67. The molecule has 0 aliphatic rings. The molecule has 0 fully saturated rings. The highest BCUT2D eigenvalue weighted by Crippen LogP contribution is 2.38. The predicted octanol–water partition coefficient (Wildman–Crippen LogP) is 14.9. The molecule has 298 valence electrons. The van der Waals surface area contributed by atoms with Gasteiger partial charge in [-0.15, -0.1) is 0 Å². The van der Waals surface area contributed by atoms with E-state index in [1.807, 2.05) is 79.1 Å². The molecular formula is C59H37N5. The first kappa shape index (κ1) is 37.1. The third-order valence-electron chi connectivity index (χ3n) is 12.2. The molecule has 9 aromatic carbocycles. The van der Waals surface area contributed by atoms with Crippen LogP contribution in [0.1, 0.15) is 0 Å². The monoisotopic (exact) mass is 815 g/mol. The molecule has 0 radical (unpaired) electrons. The lowest BCUT2D eigenvalue weighted by Gasteiger charge is -2.14. The first-order chi connectivity index (χ1) is 31.7. The molecule has 3 aromatic heterocycles. The van der Waals surface area contributed by atoms with Gasteiger partial charge in [-0.2, -0.15) is 0 Å². The van der Waals surface area contributed by atoms with Gasteiger partial charge in [0.25, 0.3) is 0 Å². The van der Waals surface area contributed by atoms with Crippen LogP contribution < -0.4 is 0 Å². The lowest BCUT2D eigenvalue weighted by atomic mass is 9.92. The minimum atomic E-state index is 0.609. The smallest absolute Gasteiger partial charge is 0.164 e. The van der Waals surface area contributed by atoms with Crippen molar-refractivity contribution in [3.63, 3.8) is 0 Å². The van der Waals surface area contributed by atoms with Gasteiger partial charge in [0.15, 0.2) is 17.5 Å². The molecule has 12 rings (SSSR count). The second kappa shape index (κ2) is 15.7. The summed E-state index contributed by atoms with van der Waals surface area (Å²) in [7, 11) is 0. The van der Waals surface area contributed by atoms with E-state index in [4.69, 9.17) is 19.9 Å². The molecule has 0 saturated carbocycles. The van der Waals surface area contributed by atoms with E-state index in [-0.39, 0.29) is 0 Å². The Morgan fingerprint density at radius 2 is 0.812 bits per heavy atom. The largest absolute Gasteiger partial charge is 0.264 e. The molecule has 0 saturated heterocycles. The van der Waals surface area contributed by atoms with Crippen molar-refractivity contribution in [2.45, 2.75) is 0 Å². The lowest BCUT2D eigenvalue weighted by Crippen LogP contribution is -2.00. The van der Waals surface area contributed by atoms with Crippen molar-refractivity contribution in [1.29, 1.82) is 0 Å². The Balaban J connectivity index is 0.999. The van der Waals surface area contributed by atoms with E-state index in [1.165, 1.54) is 21.9 Å². The number of para-hydroxylation sites is 1. The zero-order valence-electron chi connectivity index (χ0n) is 34.6. The highest BCUT2D eigenvalue weighted by Gasteiger charge is 2.17.